The molecule has 0 radical (unpaired) electrons. The molecule has 3 heterocycles. The second kappa shape index (κ2) is 7.80. The molecule has 30 heavy (non-hydrogen) atoms. The van der Waals surface area contributed by atoms with Gasteiger partial charge in [-0.15, -0.1) is 0 Å². The Labute approximate surface area is 172 Å². The van der Waals surface area contributed by atoms with Gasteiger partial charge in [0, 0.05) is 42.9 Å². The molecule has 1 aliphatic heterocycles. The molecule has 1 aliphatic rings. The van der Waals surface area contributed by atoms with Crippen molar-refractivity contribution in [2.75, 3.05) is 38.4 Å². The third kappa shape index (κ3) is 4.02. The Morgan fingerprint density at radius 2 is 2.13 bits per heavy atom. The van der Waals surface area contributed by atoms with Crippen molar-refractivity contribution in [1.82, 2.24) is 15.0 Å². The molecule has 1 atom stereocenters. The first-order chi connectivity index (χ1) is 14.2. The molecule has 1 saturated heterocycles. The summed E-state index contributed by atoms with van der Waals surface area (Å²) in [4.78, 5) is 11.2. The number of fused-ring (bicyclic) bond motifs is 1. The summed E-state index contributed by atoms with van der Waals surface area (Å²) in [7, 11) is -0.443. The van der Waals surface area contributed by atoms with Gasteiger partial charge in [0.1, 0.15) is 11.2 Å². The standard InChI is InChI=1S/C20H22F3N4O2P/c1-30(2)15-5-3-4-12-13(8-24-17(12)15)16-14(20(21,22)23)9-25-18(27-16)26-10-19(28)6-7-29-11-19/h3-5,8-9,24,28H,6-7,10-11H2,1-2H3,(H,25,26,27). The summed E-state index contributed by atoms with van der Waals surface area (Å²) in [5.41, 5.74) is -1.000. The fourth-order valence-corrected chi connectivity index (χ4v) is 4.58. The van der Waals surface area contributed by atoms with Crippen LogP contribution in [0.1, 0.15) is 12.0 Å². The molecule has 0 amide bonds. The molecule has 2 aromatic heterocycles. The number of hydrogen-bond donors (Lipinski definition) is 3. The van der Waals surface area contributed by atoms with Crippen molar-refractivity contribution < 1.29 is 23.0 Å². The average Bonchev–Trinajstić information content (AvgIpc) is 3.32. The number of benzene rings is 1. The zero-order valence-corrected chi connectivity index (χ0v) is 17.4. The molecule has 10 heteroatoms. The predicted octanol–water partition coefficient (Wildman–Crippen LogP) is 3.57. The summed E-state index contributed by atoms with van der Waals surface area (Å²) >= 11 is 0. The van der Waals surface area contributed by atoms with Crippen molar-refractivity contribution in [3.05, 3.63) is 36.2 Å². The van der Waals surface area contributed by atoms with E-state index in [0.717, 1.165) is 17.0 Å². The zero-order valence-electron chi connectivity index (χ0n) is 16.5. The molecule has 0 aliphatic carbocycles. The van der Waals surface area contributed by atoms with Gasteiger partial charge in [0.2, 0.25) is 5.95 Å². The topological polar surface area (TPSA) is 83.1 Å². The van der Waals surface area contributed by atoms with Crippen LogP contribution in [0, 0.1) is 0 Å². The van der Waals surface area contributed by atoms with Crippen molar-refractivity contribution in [3.63, 3.8) is 0 Å². The van der Waals surface area contributed by atoms with Crippen molar-refractivity contribution >= 4 is 30.1 Å². The molecule has 1 unspecified atom stereocenters. The Balaban J connectivity index is 1.77. The van der Waals surface area contributed by atoms with Gasteiger partial charge < -0.3 is 20.1 Å². The van der Waals surface area contributed by atoms with E-state index < -0.39 is 25.3 Å². The number of aromatic nitrogens is 3. The lowest BCUT2D eigenvalue weighted by Gasteiger charge is -2.21. The molecular formula is C20H22F3N4O2P. The SMILES string of the molecule is CP(C)c1cccc2c(-c3nc(NCC4(O)CCOC4)ncc3C(F)(F)F)c[nH]c12. The highest BCUT2D eigenvalue weighted by Gasteiger charge is 2.37. The minimum Gasteiger partial charge on any atom is -0.386 e. The summed E-state index contributed by atoms with van der Waals surface area (Å²) in [6.07, 6.45) is -1.81. The van der Waals surface area contributed by atoms with Crippen molar-refractivity contribution in [1.29, 1.82) is 0 Å². The maximum Gasteiger partial charge on any atom is 0.419 e. The molecule has 0 bridgehead atoms. The molecule has 1 aromatic carbocycles. The van der Waals surface area contributed by atoms with Crippen molar-refractivity contribution in [3.8, 4) is 11.3 Å². The first-order valence-electron chi connectivity index (χ1n) is 9.44. The van der Waals surface area contributed by atoms with Gasteiger partial charge in [-0.2, -0.15) is 13.2 Å². The van der Waals surface area contributed by atoms with Crippen LogP contribution in [0.2, 0.25) is 0 Å². The number of aromatic amines is 1. The molecule has 3 aromatic rings. The monoisotopic (exact) mass is 438 g/mol. The molecular weight excluding hydrogens is 416 g/mol. The van der Waals surface area contributed by atoms with Crippen LogP contribution < -0.4 is 10.6 Å². The van der Waals surface area contributed by atoms with Crippen molar-refractivity contribution in [2.45, 2.75) is 18.2 Å². The highest BCUT2D eigenvalue weighted by atomic mass is 31.1. The highest BCUT2D eigenvalue weighted by molar-refractivity contribution is 7.64. The van der Waals surface area contributed by atoms with Crippen LogP contribution in [-0.4, -0.2) is 58.7 Å². The Morgan fingerprint density at radius 1 is 1.33 bits per heavy atom. The molecule has 160 valence electrons. The lowest BCUT2D eigenvalue weighted by molar-refractivity contribution is -0.137. The number of nitrogens with one attached hydrogen (secondary N) is 2. The number of halogens is 3. The van der Waals surface area contributed by atoms with Gasteiger partial charge in [-0.1, -0.05) is 26.1 Å². The molecule has 0 spiro atoms. The molecule has 4 rings (SSSR count). The van der Waals surface area contributed by atoms with Crippen LogP contribution >= 0.6 is 7.92 Å². The molecule has 0 saturated carbocycles. The van der Waals surface area contributed by atoms with E-state index in [0.29, 0.717) is 24.0 Å². The number of rotatable bonds is 5. The van der Waals surface area contributed by atoms with Gasteiger partial charge in [0.05, 0.1) is 17.8 Å². The van der Waals surface area contributed by atoms with Crippen LogP contribution in [-0.2, 0) is 10.9 Å². The fraction of sp³-hybridized carbons (Fsp3) is 0.400. The van der Waals surface area contributed by atoms with Crippen LogP contribution in [0.25, 0.3) is 22.2 Å². The van der Waals surface area contributed by atoms with Gasteiger partial charge in [-0.05, 0) is 18.6 Å². The van der Waals surface area contributed by atoms with E-state index in [1.807, 2.05) is 12.1 Å². The quantitative estimate of drug-likeness (QED) is 0.531. The Kier molecular flexibility index (Phi) is 5.46. The van der Waals surface area contributed by atoms with E-state index >= 15 is 0 Å². The number of ether oxygens (including phenoxy) is 1. The fourth-order valence-electron chi connectivity index (χ4n) is 3.57. The van der Waals surface area contributed by atoms with Gasteiger partial charge >= 0.3 is 6.18 Å². The van der Waals surface area contributed by atoms with E-state index in [4.69, 9.17) is 4.74 Å². The van der Waals surface area contributed by atoms with Crippen LogP contribution in [0.15, 0.2) is 30.6 Å². The smallest absolute Gasteiger partial charge is 0.386 e. The summed E-state index contributed by atoms with van der Waals surface area (Å²) in [5.74, 6) is 0.0251. The number of anilines is 1. The van der Waals surface area contributed by atoms with Crippen molar-refractivity contribution in [2.24, 2.45) is 0 Å². The van der Waals surface area contributed by atoms with E-state index in [-0.39, 0.29) is 24.8 Å². The lowest BCUT2D eigenvalue weighted by atomic mass is 10.0. The first-order valence-corrected chi connectivity index (χ1v) is 11.7. The van der Waals surface area contributed by atoms with Gasteiger partial charge in [0.15, 0.2) is 0 Å². The minimum absolute atomic E-state index is 0.0251. The van der Waals surface area contributed by atoms with E-state index in [2.05, 4.69) is 33.6 Å². The van der Waals surface area contributed by atoms with Crippen LogP contribution in [0.4, 0.5) is 19.1 Å². The van der Waals surface area contributed by atoms with E-state index in [1.54, 1.807) is 12.3 Å². The Morgan fingerprint density at radius 3 is 2.80 bits per heavy atom. The first kappa shape index (κ1) is 21.0. The van der Waals surface area contributed by atoms with Crippen LogP contribution in [0.3, 0.4) is 0 Å². The number of nitrogens with zero attached hydrogens (tertiary/aromatic N) is 2. The van der Waals surface area contributed by atoms with E-state index in [9.17, 15) is 18.3 Å². The maximum atomic E-state index is 13.7. The second-order valence-electron chi connectivity index (χ2n) is 7.63. The molecule has 3 N–H and O–H groups in total. The minimum atomic E-state index is -4.60. The van der Waals surface area contributed by atoms with Gasteiger partial charge in [0.25, 0.3) is 0 Å². The normalized spacial score (nSPS) is 19.7. The van der Waals surface area contributed by atoms with Gasteiger partial charge in [-0.3, -0.25) is 0 Å². The molecule has 1 fully saturated rings. The number of H-pyrrole nitrogens is 1. The third-order valence-corrected chi connectivity index (χ3v) is 6.52. The van der Waals surface area contributed by atoms with Gasteiger partial charge in [-0.25, -0.2) is 9.97 Å². The Hall–Kier alpha value is -2.22. The summed E-state index contributed by atoms with van der Waals surface area (Å²) < 4.78 is 46.3. The predicted molar refractivity (Wildman–Crippen MR) is 112 cm³/mol. The molecule has 6 nitrogen and oxygen atoms in total. The highest BCUT2D eigenvalue weighted by Crippen LogP contribution is 2.39. The summed E-state index contributed by atoms with van der Waals surface area (Å²) in [5, 5.41) is 15.0. The largest absolute Gasteiger partial charge is 0.419 e. The van der Waals surface area contributed by atoms with Crippen LogP contribution in [0.5, 0.6) is 0 Å². The Bertz CT molecular complexity index is 1060. The number of hydrogen-bond acceptors (Lipinski definition) is 5. The zero-order chi connectivity index (χ0) is 21.5. The van der Waals surface area contributed by atoms with E-state index in [1.165, 1.54) is 0 Å². The number of para-hydroxylation sites is 1. The number of alkyl halides is 3. The third-order valence-electron chi connectivity index (χ3n) is 5.18. The summed E-state index contributed by atoms with van der Waals surface area (Å²) in [6, 6.07) is 5.62. The maximum absolute atomic E-state index is 13.7. The summed E-state index contributed by atoms with van der Waals surface area (Å²) in [6.45, 7) is 4.87. The number of aliphatic hydroxyl groups is 1. The second-order valence-corrected chi connectivity index (χ2v) is 9.90. The lowest BCUT2D eigenvalue weighted by Crippen LogP contribution is -2.37. The average molecular weight is 438 g/mol.